The second-order valence-corrected chi connectivity index (χ2v) is 8.49. The highest BCUT2D eigenvalue weighted by molar-refractivity contribution is 6.35. The molecule has 1 aliphatic rings. The molecule has 31 heavy (non-hydrogen) atoms. The molecule has 2 aromatic carbocycles. The molecule has 6 nitrogen and oxygen atoms in total. The smallest absolute Gasteiger partial charge is 0.257 e. The third kappa shape index (κ3) is 4.08. The first-order chi connectivity index (χ1) is 15.2. The number of nitrogen functional groups attached to an aromatic ring is 1. The molecule has 4 aromatic rings. The van der Waals surface area contributed by atoms with E-state index in [2.05, 4.69) is 10.2 Å². The third-order valence-electron chi connectivity index (χ3n) is 5.89. The van der Waals surface area contributed by atoms with Gasteiger partial charge < -0.3 is 10.5 Å². The zero-order valence-corrected chi connectivity index (χ0v) is 17.9. The van der Waals surface area contributed by atoms with Crippen molar-refractivity contribution in [2.45, 2.75) is 32.1 Å². The Kier molecular flexibility index (Phi) is 5.47. The van der Waals surface area contributed by atoms with Crippen molar-refractivity contribution in [2.75, 3.05) is 12.3 Å². The number of halogens is 1. The normalized spacial score (nSPS) is 14.7. The van der Waals surface area contributed by atoms with Crippen molar-refractivity contribution < 1.29 is 4.74 Å². The number of nitrogens with two attached hydrogens (primary N) is 1. The number of benzene rings is 2. The first kappa shape index (κ1) is 19.8. The van der Waals surface area contributed by atoms with E-state index in [0.29, 0.717) is 40.6 Å². The van der Waals surface area contributed by atoms with Crippen LogP contribution in [0.25, 0.3) is 33.4 Å². The van der Waals surface area contributed by atoms with Crippen LogP contribution >= 0.6 is 11.6 Å². The van der Waals surface area contributed by atoms with Crippen LogP contribution in [0.5, 0.6) is 5.88 Å². The lowest BCUT2D eigenvalue weighted by atomic mass is 9.90. The summed E-state index contributed by atoms with van der Waals surface area (Å²) in [7, 11) is 0. The van der Waals surface area contributed by atoms with Crippen LogP contribution in [0.4, 0.5) is 5.82 Å². The van der Waals surface area contributed by atoms with Gasteiger partial charge in [0, 0.05) is 16.5 Å². The number of nitrogens with one attached hydrogen (secondary N) is 1. The lowest BCUT2D eigenvalue weighted by Crippen LogP contribution is -2.17. The molecule has 1 saturated carbocycles. The minimum atomic E-state index is 0.300. The van der Waals surface area contributed by atoms with E-state index in [4.69, 9.17) is 32.0 Å². The highest BCUT2D eigenvalue weighted by atomic mass is 35.5. The van der Waals surface area contributed by atoms with Gasteiger partial charge in [-0.05, 0) is 30.9 Å². The summed E-state index contributed by atoms with van der Waals surface area (Å²) in [6.07, 6.45) is 7.96. The molecular formula is C24H24ClN5O. The van der Waals surface area contributed by atoms with Gasteiger partial charge in [0.25, 0.3) is 5.88 Å². The molecule has 0 saturated heterocycles. The van der Waals surface area contributed by atoms with E-state index in [1.165, 1.54) is 32.1 Å². The fourth-order valence-corrected chi connectivity index (χ4v) is 4.51. The van der Waals surface area contributed by atoms with Crippen LogP contribution in [-0.2, 0) is 0 Å². The maximum absolute atomic E-state index is 6.51. The molecular weight excluding hydrogens is 410 g/mol. The molecule has 3 N–H and O–H groups in total. The van der Waals surface area contributed by atoms with Gasteiger partial charge in [-0.1, -0.05) is 61.2 Å². The number of aromatic nitrogens is 4. The third-order valence-corrected chi connectivity index (χ3v) is 6.19. The topological polar surface area (TPSA) is 89.7 Å². The van der Waals surface area contributed by atoms with Gasteiger partial charge in [-0.25, -0.2) is 9.97 Å². The summed E-state index contributed by atoms with van der Waals surface area (Å²) in [5, 5.41) is 8.51. The summed E-state index contributed by atoms with van der Waals surface area (Å²) in [6.45, 7) is 0.616. The van der Waals surface area contributed by atoms with Crippen molar-refractivity contribution in [3.05, 3.63) is 53.7 Å². The molecule has 7 heteroatoms. The Balaban J connectivity index is 1.58. The predicted molar refractivity (Wildman–Crippen MR) is 124 cm³/mol. The molecule has 0 atom stereocenters. The van der Waals surface area contributed by atoms with Gasteiger partial charge in [-0.3, -0.25) is 5.10 Å². The summed E-state index contributed by atoms with van der Waals surface area (Å²) in [4.78, 5) is 9.54. The summed E-state index contributed by atoms with van der Waals surface area (Å²) in [6, 6.07) is 13.8. The number of fused-ring (bicyclic) bond motifs is 1. The maximum atomic E-state index is 6.51. The number of nitrogens with zero attached hydrogens (tertiary/aromatic N) is 3. The zero-order chi connectivity index (χ0) is 21.2. The molecule has 1 fully saturated rings. The fraction of sp³-hybridized carbons (Fsp3) is 0.292. The SMILES string of the molecule is Nc1nc(-c2ccccc2)c(-c2cc(Cl)c3[nH]ncc3c2)nc1OCC1CCCCC1. The first-order valence-corrected chi connectivity index (χ1v) is 11.1. The number of hydrogen-bond donors (Lipinski definition) is 2. The molecule has 0 radical (unpaired) electrons. The van der Waals surface area contributed by atoms with Crippen molar-refractivity contribution >= 4 is 28.3 Å². The Morgan fingerprint density at radius 2 is 1.77 bits per heavy atom. The van der Waals surface area contributed by atoms with Crippen LogP contribution in [0.2, 0.25) is 5.02 Å². The van der Waals surface area contributed by atoms with Gasteiger partial charge >= 0.3 is 0 Å². The quantitative estimate of drug-likeness (QED) is 0.410. The standard InChI is InChI=1S/C24H24ClN5O/c25-19-12-17(11-18-13-27-30-20(18)19)22-21(16-9-5-2-6-10-16)28-23(26)24(29-22)31-14-15-7-3-1-4-8-15/h2,5-6,9-13,15H,1,3-4,7-8,14H2,(H2,26,28)(H,27,30). The number of rotatable bonds is 5. The van der Waals surface area contributed by atoms with E-state index in [0.717, 1.165) is 22.0 Å². The molecule has 158 valence electrons. The Bertz CT molecular complexity index is 1200. The largest absolute Gasteiger partial charge is 0.475 e. The minimum absolute atomic E-state index is 0.300. The average Bonchev–Trinajstić information content (AvgIpc) is 3.29. The zero-order valence-electron chi connectivity index (χ0n) is 17.1. The molecule has 2 aromatic heterocycles. The molecule has 0 amide bonds. The Labute approximate surface area is 185 Å². The molecule has 0 unspecified atom stereocenters. The van der Waals surface area contributed by atoms with Gasteiger partial charge in [-0.2, -0.15) is 5.10 Å². The molecule has 1 aliphatic carbocycles. The lowest BCUT2D eigenvalue weighted by molar-refractivity contribution is 0.203. The average molecular weight is 434 g/mol. The van der Waals surface area contributed by atoms with Gasteiger partial charge in [0.2, 0.25) is 0 Å². The number of anilines is 1. The Morgan fingerprint density at radius 1 is 1.00 bits per heavy atom. The number of aromatic amines is 1. The van der Waals surface area contributed by atoms with E-state index < -0.39 is 0 Å². The first-order valence-electron chi connectivity index (χ1n) is 10.7. The van der Waals surface area contributed by atoms with Crippen LogP contribution < -0.4 is 10.5 Å². The number of hydrogen-bond acceptors (Lipinski definition) is 5. The van der Waals surface area contributed by atoms with E-state index in [1.807, 2.05) is 42.5 Å². The fourth-order valence-electron chi connectivity index (χ4n) is 4.24. The number of ether oxygens (including phenoxy) is 1. The Hall–Kier alpha value is -3.12. The van der Waals surface area contributed by atoms with Gasteiger partial charge in [0.1, 0.15) is 5.69 Å². The molecule has 2 heterocycles. The van der Waals surface area contributed by atoms with Gasteiger partial charge in [-0.15, -0.1) is 0 Å². The monoisotopic (exact) mass is 433 g/mol. The molecule has 0 bridgehead atoms. The summed E-state index contributed by atoms with van der Waals surface area (Å²) in [5.41, 5.74) is 10.2. The summed E-state index contributed by atoms with van der Waals surface area (Å²) in [5.74, 6) is 1.22. The van der Waals surface area contributed by atoms with E-state index in [1.54, 1.807) is 6.20 Å². The summed E-state index contributed by atoms with van der Waals surface area (Å²) < 4.78 is 6.08. The van der Waals surface area contributed by atoms with Crippen molar-refractivity contribution in [1.82, 2.24) is 20.2 Å². The van der Waals surface area contributed by atoms with Crippen molar-refractivity contribution in [3.8, 4) is 28.4 Å². The molecule has 5 rings (SSSR count). The predicted octanol–water partition coefficient (Wildman–Crippen LogP) is 5.88. The van der Waals surface area contributed by atoms with Crippen LogP contribution in [0.1, 0.15) is 32.1 Å². The van der Waals surface area contributed by atoms with Crippen LogP contribution in [0.3, 0.4) is 0 Å². The van der Waals surface area contributed by atoms with Crippen molar-refractivity contribution in [3.63, 3.8) is 0 Å². The second kappa shape index (κ2) is 8.55. The maximum Gasteiger partial charge on any atom is 0.257 e. The summed E-state index contributed by atoms with van der Waals surface area (Å²) >= 11 is 6.51. The van der Waals surface area contributed by atoms with E-state index in [9.17, 15) is 0 Å². The Morgan fingerprint density at radius 3 is 2.58 bits per heavy atom. The van der Waals surface area contributed by atoms with Crippen LogP contribution in [-0.4, -0.2) is 26.8 Å². The molecule has 0 spiro atoms. The van der Waals surface area contributed by atoms with Gasteiger partial charge in [0.05, 0.1) is 29.0 Å². The lowest BCUT2D eigenvalue weighted by Gasteiger charge is -2.22. The second-order valence-electron chi connectivity index (χ2n) is 8.08. The van der Waals surface area contributed by atoms with E-state index in [-0.39, 0.29) is 0 Å². The molecule has 0 aliphatic heterocycles. The van der Waals surface area contributed by atoms with E-state index >= 15 is 0 Å². The van der Waals surface area contributed by atoms with Crippen molar-refractivity contribution in [2.24, 2.45) is 5.92 Å². The van der Waals surface area contributed by atoms with Gasteiger partial charge in [0.15, 0.2) is 5.82 Å². The minimum Gasteiger partial charge on any atom is -0.475 e. The van der Waals surface area contributed by atoms with Crippen molar-refractivity contribution in [1.29, 1.82) is 0 Å². The van der Waals surface area contributed by atoms with Crippen LogP contribution in [0.15, 0.2) is 48.7 Å². The number of H-pyrrole nitrogens is 1. The highest BCUT2D eigenvalue weighted by Crippen LogP contribution is 2.36. The highest BCUT2D eigenvalue weighted by Gasteiger charge is 2.20. The van der Waals surface area contributed by atoms with Crippen LogP contribution in [0, 0.1) is 5.92 Å².